The van der Waals surface area contributed by atoms with E-state index in [2.05, 4.69) is 22.5 Å². The SMILES string of the molecule is CCC(F)(F)c1cncc(NC(=O)c2ccc3c(c2)CNCC3C)c1. The number of benzene rings is 1. The van der Waals surface area contributed by atoms with Crippen molar-refractivity contribution in [3.05, 3.63) is 58.9 Å². The predicted octanol–water partition coefficient (Wildman–Crippen LogP) is 4.04. The zero-order valence-electron chi connectivity index (χ0n) is 14.3. The van der Waals surface area contributed by atoms with Gasteiger partial charge in [-0.05, 0) is 35.2 Å². The van der Waals surface area contributed by atoms with Gasteiger partial charge in [0.2, 0.25) is 0 Å². The summed E-state index contributed by atoms with van der Waals surface area (Å²) in [7, 11) is 0. The first kappa shape index (κ1) is 17.5. The molecule has 0 spiro atoms. The fraction of sp³-hybridized carbons (Fsp3) is 0.368. The zero-order chi connectivity index (χ0) is 18.0. The highest BCUT2D eigenvalue weighted by Gasteiger charge is 2.29. The van der Waals surface area contributed by atoms with Crippen molar-refractivity contribution in [1.29, 1.82) is 0 Å². The van der Waals surface area contributed by atoms with E-state index >= 15 is 0 Å². The summed E-state index contributed by atoms with van der Waals surface area (Å²) in [6.45, 7) is 5.19. The molecule has 0 saturated carbocycles. The Morgan fingerprint density at radius 2 is 2.16 bits per heavy atom. The molecule has 0 radical (unpaired) electrons. The molecule has 3 rings (SSSR count). The Hall–Kier alpha value is -2.34. The first-order valence-electron chi connectivity index (χ1n) is 8.39. The van der Waals surface area contributed by atoms with Crippen LogP contribution in [-0.4, -0.2) is 17.4 Å². The van der Waals surface area contributed by atoms with Crippen LogP contribution in [0.15, 0.2) is 36.7 Å². The Balaban J connectivity index is 1.80. The van der Waals surface area contributed by atoms with Crippen LogP contribution >= 0.6 is 0 Å². The minimum Gasteiger partial charge on any atom is -0.321 e. The summed E-state index contributed by atoms with van der Waals surface area (Å²) >= 11 is 0. The van der Waals surface area contributed by atoms with Gasteiger partial charge >= 0.3 is 0 Å². The van der Waals surface area contributed by atoms with Crippen molar-refractivity contribution in [1.82, 2.24) is 10.3 Å². The molecule has 1 unspecified atom stereocenters. The Morgan fingerprint density at radius 1 is 1.36 bits per heavy atom. The normalized spacial score (nSPS) is 17.0. The summed E-state index contributed by atoms with van der Waals surface area (Å²) in [4.78, 5) is 16.3. The first-order chi connectivity index (χ1) is 11.9. The molecule has 4 nitrogen and oxygen atoms in total. The highest BCUT2D eigenvalue weighted by molar-refractivity contribution is 6.04. The number of halogens is 2. The van der Waals surface area contributed by atoms with E-state index in [1.54, 1.807) is 6.07 Å². The van der Waals surface area contributed by atoms with Crippen LogP contribution in [0.4, 0.5) is 14.5 Å². The summed E-state index contributed by atoms with van der Waals surface area (Å²) in [5.74, 6) is -2.89. The molecule has 2 heterocycles. The van der Waals surface area contributed by atoms with Gasteiger partial charge in [-0.3, -0.25) is 9.78 Å². The van der Waals surface area contributed by atoms with Crippen LogP contribution in [-0.2, 0) is 12.5 Å². The maximum absolute atomic E-state index is 13.8. The number of pyridine rings is 1. The van der Waals surface area contributed by atoms with Crippen LogP contribution in [0.2, 0.25) is 0 Å². The van der Waals surface area contributed by atoms with Crippen LogP contribution in [0.3, 0.4) is 0 Å². The van der Waals surface area contributed by atoms with Crippen LogP contribution < -0.4 is 10.6 Å². The third-order valence-electron chi connectivity index (χ3n) is 4.56. The molecule has 0 aliphatic carbocycles. The van der Waals surface area contributed by atoms with Crippen LogP contribution in [0.5, 0.6) is 0 Å². The van der Waals surface area contributed by atoms with Gasteiger partial charge in [0.15, 0.2) is 0 Å². The monoisotopic (exact) mass is 345 g/mol. The topological polar surface area (TPSA) is 54.0 Å². The smallest absolute Gasteiger partial charge is 0.274 e. The molecule has 1 aliphatic heterocycles. The number of hydrogen-bond acceptors (Lipinski definition) is 3. The third kappa shape index (κ3) is 3.69. The van der Waals surface area contributed by atoms with E-state index < -0.39 is 5.92 Å². The lowest BCUT2D eigenvalue weighted by atomic mass is 9.91. The van der Waals surface area contributed by atoms with Crippen molar-refractivity contribution in [2.45, 2.75) is 38.7 Å². The minimum atomic E-state index is -2.96. The Morgan fingerprint density at radius 3 is 2.92 bits per heavy atom. The van der Waals surface area contributed by atoms with Crippen LogP contribution in [0, 0.1) is 0 Å². The number of carbonyl (C=O) groups is 1. The van der Waals surface area contributed by atoms with Crippen molar-refractivity contribution in [2.24, 2.45) is 0 Å². The van der Waals surface area contributed by atoms with Gasteiger partial charge in [0.05, 0.1) is 11.9 Å². The average Bonchev–Trinajstić information content (AvgIpc) is 2.62. The molecule has 1 atom stereocenters. The van der Waals surface area contributed by atoms with Crippen molar-refractivity contribution >= 4 is 11.6 Å². The largest absolute Gasteiger partial charge is 0.321 e. The van der Waals surface area contributed by atoms with E-state index in [0.29, 0.717) is 11.5 Å². The van der Waals surface area contributed by atoms with E-state index in [1.807, 2.05) is 12.1 Å². The van der Waals surface area contributed by atoms with Gasteiger partial charge in [0.1, 0.15) is 0 Å². The second-order valence-corrected chi connectivity index (χ2v) is 6.42. The molecule has 0 fully saturated rings. The zero-order valence-corrected chi connectivity index (χ0v) is 14.3. The molecule has 1 amide bonds. The third-order valence-corrected chi connectivity index (χ3v) is 4.56. The lowest BCUT2D eigenvalue weighted by Gasteiger charge is -2.23. The van der Waals surface area contributed by atoms with E-state index in [4.69, 9.17) is 0 Å². The van der Waals surface area contributed by atoms with Gasteiger partial charge in [0.25, 0.3) is 11.8 Å². The number of anilines is 1. The maximum atomic E-state index is 13.8. The van der Waals surface area contributed by atoms with Crippen molar-refractivity contribution in [3.63, 3.8) is 0 Å². The number of aromatic nitrogens is 1. The molecule has 132 valence electrons. The number of amides is 1. The molecule has 6 heteroatoms. The second-order valence-electron chi connectivity index (χ2n) is 6.42. The lowest BCUT2D eigenvalue weighted by Crippen LogP contribution is -2.27. The Bertz CT molecular complexity index is 792. The highest BCUT2D eigenvalue weighted by atomic mass is 19.3. The number of alkyl halides is 2. The fourth-order valence-electron chi connectivity index (χ4n) is 3.03. The second kappa shape index (κ2) is 6.88. The van der Waals surface area contributed by atoms with Gasteiger partial charge in [-0.15, -0.1) is 0 Å². The first-order valence-corrected chi connectivity index (χ1v) is 8.39. The van der Waals surface area contributed by atoms with Crippen molar-refractivity contribution in [2.75, 3.05) is 11.9 Å². The van der Waals surface area contributed by atoms with E-state index in [9.17, 15) is 13.6 Å². The van der Waals surface area contributed by atoms with Crippen LogP contribution in [0.1, 0.15) is 53.2 Å². The standard InChI is InChI=1S/C19H21F2N3O/c1-3-19(20,21)15-7-16(11-23-10-15)24-18(25)13-4-5-17-12(2)8-22-9-14(17)6-13/h4-7,10-12,22H,3,8-9H2,1-2H3,(H,24,25). The predicted molar refractivity (Wildman–Crippen MR) is 92.9 cm³/mol. The number of hydrogen-bond donors (Lipinski definition) is 2. The molecule has 0 bridgehead atoms. The summed E-state index contributed by atoms with van der Waals surface area (Å²) in [5, 5.41) is 5.97. The van der Waals surface area contributed by atoms with Gasteiger partial charge in [-0.1, -0.05) is 19.9 Å². The molecule has 2 aromatic rings. The minimum absolute atomic E-state index is 0.198. The maximum Gasteiger partial charge on any atom is 0.274 e. The Kier molecular flexibility index (Phi) is 4.81. The quantitative estimate of drug-likeness (QED) is 0.879. The van der Waals surface area contributed by atoms with Gasteiger partial charge in [-0.2, -0.15) is 0 Å². The molecule has 2 N–H and O–H groups in total. The number of rotatable bonds is 4. The average molecular weight is 345 g/mol. The summed E-state index contributed by atoms with van der Waals surface area (Å²) in [5.41, 5.74) is 2.90. The molecule has 0 saturated heterocycles. The Labute approximate surface area is 145 Å². The van der Waals surface area contributed by atoms with E-state index in [0.717, 1.165) is 24.8 Å². The number of fused-ring (bicyclic) bond motifs is 1. The summed E-state index contributed by atoms with van der Waals surface area (Å²) in [6, 6.07) is 6.87. The van der Waals surface area contributed by atoms with E-state index in [1.165, 1.54) is 24.8 Å². The number of carbonyl (C=O) groups excluding carboxylic acids is 1. The lowest BCUT2D eigenvalue weighted by molar-refractivity contribution is -0.00857. The van der Waals surface area contributed by atoms with Gasteiger partial charge in [0, 0.05) is 36.8 Å². The summed E-state index contributed by atoms with van der Waals surface area (Å²) in [6.07, 6.45) is 2.18. The number of nitrogens with one attached hydrogen (secondary N) is 2. The molecule has 1 aliphatic rings. The number of nitrogens with zero attached hydrogens (tertiary/aromatic N) is 1. The molecule has 25 heavy (non-hydrogen) atoms. The fourth-order valence-corrected chi connectivity index (χ4v) is 3.03. The molecule has 1 aromatic carbocycles. The summed E-state index contributed by atoms with van der Waals surface area (Å²) < 4.78 is 27.6. The van der Waals surface area contributed by atoms with Crippen molar-refractivity contribution in [3.8, 4) is 0 Å². The van der Waals surface area contributed by atoms with Crippen LogP contribution in [0.25, 0.3) is 0 Å². The highest BCUT2D eigenvalue weighted by Crippen LogP contribution is 2.32. The van der Waals surface area contributed by atoms with Crippen molar-refractivity contribution < 1.29 is 13.6 Å². The van der Waals surface area contributed by atoms with E-state index in [-0.39, 0.29) is 23.6 Å². The molecular formula is C19H21F2N3O. The van der Waals surface area contributed by atoms with Gasteiger partial charge in [-0.25, -0.2) is 8.78 Å². The molecule has 1 aromatic heterocycles. The molecular weight excluding hydrogens is 324 g/mol. The van der Waals surface area contributed by atoms with Gasteiger partial charge < -0.3 is 10.6 Å².